The van der Waals surface area contributed by atoms with Gasteiger partial charge in [-0.3, -0.25) is 0 Å². The zero-order chi connectivity index (χ0) is 16.6. The smallest absolute Gasteiger partial charge is 0.178 e. The summed E-state index contributed by atoms with van der Waals surface area (Å²) in [6.45, 7) is 5.68. The van der Waals surface area contributed by atoms with Gasteiger partial charge in [0, 0.05) is 25.5 Å². The monoisotopic (exact) mass is 318 g/mol. The van der Waals surface area contributed by atoms with Crippen molar-refractivity contribution in [3.05, 3.63) is 30.1 Å². The molecule has 0 aliphatic rings. The van der Waals surface area contributed by atoms with Crippen LogP contribution in [-0.4, -0.2) is 0 Å². The van der Waals surface area contributed by atoms with E-state index in [0.29, 0.717) is 0 Å². The van der Waals surface area contributed by atoms with E-state index in [1.165, 1.54) is 102 Å². The molecule has 0 aromatic carbocycles. The molecule has 1 nitrogen and oxygen atoms in total. The molecule has 1 heteroatoms. The summed E-state index contributed by atoms with van der Waals surface area (Å²) in [5, 5.41) is 0. The zero-order valence-corrected chi connectivity index (χ0v) is 15.9. The summed E-state index contributed by atoms with van der Waals surface area (Å²) < 4.78 is 2.38. The summed E-state index contributed by atoms with van der Waals surface area (Å²) in [6.07, 6.45) is 22.3. The highest BCUT2D eigenvalue weighted by Gasteiger charge is 2.03. The molecule has 0 saturated carbocycles. The van der Waals surface area contributed by atoms with Crippen LogP contribution in [0.3, 0.4) is 0 Å². The first-order chi connectivity index (χ1) is 11.3. The maximum Gasteiger partial charge on any atom is 0.178 e. The van der Waals surface area contributed by atoms with Crippen molar-refractivity contribution in [2.75, 3.05) is 0 Å². The third-order valence-corrected chi connectivity index (χ3v) is 4.92. The molecular weight excluding hydrogens is 278 g/mol. The van der Waals surface area contributed by atoms with Gasteiger partial charge in [0.2, 0.25) is 0 Å². The van der Waals surface area contributed by atoms with Crippen LogP contribution in [-0.2, 0) is 6.54 Å². The number of pyridine rings is 1. The van der Waals surface area contributed by atoms with Gasteiger partial charge in [0.15, 0.2) is 11.9 Å². The SMILES string of the molecule is CCCCCCCCCCCCCCCC[n+]1ccccc1C. The van der Waals surface area contributed by atoms with Gasteiger partial charge in [0.25, 0.3) is 0 Å². The van der Waals surface area contributed by atoms with Crippen molar-refractivity contribution in [3.63, 3.8) is 0 Å². The maximum atomic E-state index is 2.38. The van der Waals surface area contributed by atoms with Gasteiger partial charge in [0.05, 0.1) is 0 Å². The van der Waals surface area contributed by atoms with E-state index in [1.807, 2.05) is 0 Å². The largest absolute Gasteiger partial charge is 0.203 e. The first kappa shape index (κ1) is 20.2. The number of hydrogen-bond donors (Lipinski definition) is 0. The van der Waals surface area contributed by atoms with Crippen molar-refractivity contribution in [2.24, 2.45) is 0 Å². The first-order valence-corrected chi connectivity index (χ1v) is 10.3. The summed E-state index contributed by atoms with van der Waals surface area (Å²) in [6, 6.07) is 6.46. The summed E-state index contributed by atoms with van der Waals surface area (Å²) in [5.74, 6) is 0. The molecule has 0 unspecified atom stereocenters. The standard InChI is InChI=1S/C22H40N/c1-3-4-5-6-7-8-9-10-11-12-13-14-15-17-20-23-21-18-16-19-22(23)2/h16,18-19,21H,3-15,17,20H2,1-2H3/q+1. The van der Waals surface area contributed by atoms with Gasteiger partial charge in [-0.15, -0.1) is 0 Å². The summed E-state index contributed by atoms with van der Waals surface area (Å²) >= 11 is 0. The van der Waals surface area contributed by atoms with Crippen molar-refractivity contribution >= 4 is 0 Å². The third-order valence-electron chi connectivity index (χ3n) is 4.92. The highest BCUT2D eigenvalue weighted by Crippen LogP contribution is 2.12. The normalized spacial score (nSPS) is 11.0. The van der Waals surface area contributed by atoms with Gasteiger partial charge >= 0.3 is 0 Å². The fourth-order valence-electron chi connectivity index (χ4n) is 3.29. The molecule has 0 bridgehead atoms. The van der Waals surface area contributed by atoms with Crippen molar-refractivity contribution in [2.45, 2.75) is 110 Å². The Bertz CT molecular complexity index is 372. The molecule has 0 radical (unpaired) electrons. The van der Waals surface area contributed by atoms with E-state index in [1.54, 1.807) is 0 Å². The number of nitrogens with zero attached hydrogens (tertiary/aromatic N) is 1. The van der Waals surface area contributed by atoms with Crippen LogP contribution in [0, 0.1) is 6.92 Å². The number of rotatable bonds is 15. The van der Waals surface area contributed by atoms with Crippen molar-refractivity contribution in [1.29, 1.82) is 0 Å². The molecule has 0 saturated heterocycles. The Morgan fingerprint density at radius 2 is 1.13 bits per heavy atom. The Kier molecular flexibility index (Phi) is 12.9. The van der Waals surface area contributed by atoms with Crippen molar-refractivity contribution < 1.29 is 4.57 Å². The van der Waals surface area contributed by atoms with Crippen LogP contribution >= 0.6 is 0 Å². The van der Waals surface area contributed by atoms with E-state index in [2.05, 4.69) is 42.8 Å². The molecule has 0 amide bonds. The van der Waals surface area contributed by atoms with E-state index in [0.717, 1.165) is 0 Å². The van der Waals surface area contributed by atoms with Gasteiger partial charge in [-0.05, 0) is 6.42 Å². The predicted octanol–water partition coefficient (Wildman–Crippen LogP) is 6.76. The topological polar surface area (TPSA) is 3.88 Å². The summed E-state index contributed by atoms with van der Waals surface area (Å²) in [5.41, 5.74) is 1.38. The molecule has 132 valence electrons. The van der Waals surface area contributed by atoms with E-state index < -0.39 is 0 Å². The molecule has 1 heterocycles. The predicted molar refractivity (Wildman–Crippen MR) is 102 cm³/mol. The quantitative estimate of drug-likeness (QED) is 0.248. The maximum absolute atomic E-state index is 2.38. The molecule has 1 rings (SSSR count). The number of aromatic nitrogens is 1. The van der Waals surface area contributed by atoms with Gasteiger partial charge in [-0.25, -0.2) is 4.57 Å². The average Bonchev–Trinajstić information content (AvgIpc) is 2.57. The minimum Gasteiger partial charge on any atom is -0.203 e. The van der Waals surface area contributed by atoms with E-state index in [-0.39, 0.29) is 0 Å². The Morgan fingerprint density at radius 3 is 1.61 bits per heavy atom. The summed E-state index contributed by atoms with van der Waals surface area (Å²) in [7, 11) is 0. The second kappa shape index (κ2) is 14.7. The zero-order valence-electron chi connectivity index (χ0n) is 15.9. The average molecular weight is 319 g/mol. The Morgan fingerprint density at radius 1 is 0.652 bits per heavy atom. The van der Waals surface area contributed by atoms with Crippen LogP contribution in [0.25, 0.3) is 0 Å². The number of unbranched alkanes of at least 4 members (excludes halogenated alkanes) is 13. The van der Waals surface area contributed by atoms with E-state index in [9.17, 15) is 0 Å². The molecule has 0 fully saturated rings. The highest BCUT2D eigenvalue weighted by atomic mass is 14.9. The lowest BCUT2D eigenvalue weighted by Gasteiger charge is -2.03. The Hall–Kier alpha value is -0.850. The van der Waals surface area contributed by atoms with Crippen LogP contribution < -0.4 is 4.57 Å². The molecule has 0 atom stereocenters. The van der Waals surface area contributed by atoms with Crippen LogP contribution in [0.2, 0.25) is 0 Å². The molecule has 0 N–H and O–H groups in total. The first-order valence-electron chi connectivity index (χ1n) is 10.3. The van der Waals surface area contributed by atoms with E-state index >= 15 is 0 Å². The second-order valence-electron chi connectivity index (χ2n) is 7.13. The van der Waals surface area contributed by atoms with Crippen LogP contribution in [0.15, 0.2) is 24.4 Å². The van der Waals surface area contributed by atoms with E-state index in [4.69, 9.17) is 0 Å². The van der Waals surface area contributed by atoms with Crippen LogP contribution in [0.1, 0.15) is 103 Å². The lowest BCUT2D eigenvalue weighted by Crippen LogP contribution is -2.36. The molecule has 0 spiro atoms. The van der Waals surface area contributed by atoms with Gasteiger partial charge in [-0.1, -0.05) is 90.0 Å². The molecule has 0 aliphatic carbocycles. The highest BCUT2D eigenvalue weighted by molar-refractivity contribution is 4.93. The molecule has 1 aromatic heterocycles. The van der Waals surface area contributed by atoms with Crippen LogP contribution in [0.4, 0.5) is 0 Å². The second-order valence-corrected chi connectivity index (χ2v) is 7.13. The number of hydrogen-bond acceptors (Lipinski definition) is 0. The lowest BCUT2D eigenvalue weighted by atomic mass is 10.0. The minimum absolute atomic E-state index is 1.19. The Labute approximate surface area is 145 Å². The number of aryl methyl sites for hydroxylation is 2. The van der Waals surface area contributed by atoms with Gasteiger partial charge < -0.3 is 0 Å². The molecule has 23 heavy (non-hydrogen) atoms. The summed E-state index contributed by atoms with van der Waals surface area (Å²) in [4.78, 5) is 0. The minimum atomic E-state index is 1.19. The van der Waals surface area contributed by atoms with Crippen LogP contribution in [0.5, 0.6) is 0 Å². The molecule has 1 aromatic rings. The molecular formula is C22H40N+. The van der Waals surface area contributed by atoms with Crippen molar-refractivity contribution in [3.8, 4) is 0 Å². The molecule has 0 aliphatic heterocycles. The fraction of sp³-hybridized carbons (Fsp3) is 0.773. The lowest BCUT2D eigenvalue weighted by molar-refractivity contribution is -0.703. The fourth-order valence-corrected chi connectivity index (χ4v) is 3.29. The van der Waals surface area contributed by atoms with Gasteiger partial charge in [0.1, 0.15) is 6.54 Å². The van der Waals surface area contributed by atoms with Crippen molar-refractivity contribution in [1.82, 2.24) is 0 Å². The van der Waals surface area contributed by atoms with Gasteiger partial charge in [-0.2, -0.15) is 0 Å². The third kappa shape index (κ3) is 11.3. The Balaban J connectivity index is 1.79.